The van der Waals surface area contributed by atoms with Crippen molar-refractivity contribution in [2.24, 2.45) is 0 Å². The third kappa shape index (κ3) is 1.13. The van der Waals surface area contributed by atoms with Crippen molar-refractivity contribution in [3.8, 4) is 5.75 Å². The molecule has 0 aliphatic heterocycles. The van der Waals surface area contributed by atoms with Gasteiger partial charge in [0.25, 0.3) is 0 Å². The molecule has 1 heterocycles. The zero-order chi connectivity index (χ0) is 8.72. The average molecular weight is 204 g/mol. The molecule has 62 valence electrons. The van der Waals surface area contributed by atoms with Gasteiger partial charge in [0.05, 0.1) is 10.2 Å². The molecule has 0 spiro atoms. The first-order valence-electron chi connectivity index (χ1n) is 3.11. The number of nitrogens with zero attached hydrogens (tertiary/aromatic N) is 1. The number of hydrogen-bond donors (Lipinski definition) is 1. The molecule has 1 aromatic carbocycles. The number of phenolic OH excluding ortho intramolecular Hbond substituents is 1. The van der Waals surface area contributed by atoms with Gasteiger partial charge in [0.2, 0.25) is 0 Å². The van der Waals surface area contributed by atoms with Gasteiger partial charge in [-0.2, -0.15) is 0 Å². The molecule has 0 amide bonds. The van der Waals surface area contributed by atoms with Crippen LogP contribution in [0.4, 0.5) is 4.39 Å². The fraction of sp³-hybridized carbons (Fsp3) is 0. The van der Waals surface area contributed by atoms with E-state index in [4.69, 9.17) is 16.7 Å². The van der Waals surface area contributed by atoms with E-state index in [1.807, 2.05) is 0 Å². The van der Waals surface area contributed by atoms with Crippen molar-refractivity contribution in [2.45, 2.75) is 0 Å². The fourth-order valence-electron chi connectivity index (χ4n) is 0.910. The van der Waals surface area contributed by atoms with Crippen molar-refractivity contribution in [1.29, 1.82) is 0 Å². The van der Waals surface area contributed by atoms with Gasteiger partial charge in [0, 0.05) is 12.1 Å². The lowest BCUT2D eigenvalue weighted by Gasteiger charge is -1.92. The summed E-state index contributed by atoms with van der Waals surface area (Å²) < 4.78 is 13.8. The Morgan fingerprint density at radius 1 is 1.50 bits per heavy atom. The highest BCUT2D eigenvalue weighted by Gasteiger charge is 2.06. The van der Waals surface area contributed by atoms with E-state index in [-0.39, 0.29) is 5.75 Å². The molecule has 0 saturated carbocycles. The quantitative estimate of drug-likeness (QED) is 0.714. The molecule has 2 nitrogen and oxygen atoms in total. The third-order valence-corrected chi connectivity index (χ3v) is 2.55. The number of aromatic hydroxyl groups is 1. The first-order chi connectivity index (χ1) is 5.66. The molecule has 2 aromatic rings. The molecule has 0 unspecified atom stereocenters. The van der Waals surface area contributed by atoms with Crippen LogP contribution in [0.5, 0.6) is 5.75 Å². The summed E-state index contributed by atoms with van der Waals surface area (Å²) in [6.45, 7) is 0. The van der Waals surface area contributed by atoms with Crippen molar-refractivity contribution in [1.82, 2.24) is 4.98 Å². The Kier molecular flexibility index (Phi) is 1.66. The van der Waals surface area contributed by atoms with Gasteiger partial charge in [-0.25, -0.2) is 9.37 Å². The van der Waals surface area contributed by atoms with Gasteiger partial charge in [-0.1, -0.05) is 11.6 Å². The van der Waals surface area contributed by atoms with Gasteiger partial charge < -0.3 is 5.11 Å². The predicted molar refractivity (Wildman–Crippen MR) is 46.3 cm³/mol. The van der Waals surface area contributed by atoms with E-state index < -0.39 is 5.82 Å². The molecular weight excluding hydrogens is 201 g/mol. The van der Waals surface area contributed by atoms with Crippen molar-refractivity contribution in [3.63, 3.8) is 0 Å². The summed E-state index contributed by atoms with van der Waals surface area (Å²) in [4.78, 5) is 3.85. The molecule has 0 saturated heterocycles. The number of thiazole rings is 1. The van der Waals surface area contributed by atoms with Crippen LogP contribution >= 0.6 is 22.9 Å². The summed E-state index contributed by atoms with van der Waals surface area (Å²) in [6, 6.07) is 2.47. The second-order valence-corrected chi connectivity index (χ2v) is 3.85. The fourth-order valence-corrected chi connectivity index (χ4v) is 1.96. The van der Waals surface area contributed by atoms with E-state index in [2.05, 4.69) is 4.98 Å². The zero-order valence-corrected chi connectivity index (χ0v) is 7.29. The van der Waals surface area contributed by atoms with Crippen molar-refractivity contribution < 1.29 is 9.50 Å². The minimum atomic E-state index is -0.676. The molecule has 0 aliphatic rings. The van der Waals surface area contributed by atoms with Gasteiger partial charge in [-0.15, -0.1) is 11.3 Å². The van der Waals surface area contributed by atoms with Crippen LogP contribution < -0.4 is 0 Å². The van der Waals surface area contributed by atoms with E-state index >= 15 is 0 Å². The van der Waals surface area contributed by atoms with Crippen molar-refractivity contribution in [3.05, 3.63) is 22.4 Å². The topological polar surface area (TPSA) is 33.1 Å². The summed E-state index contributed by atoms with van der Waals surface area (Å²) in [7, 11) is 0. The number of rotatable bonds is 0. The molecule has 0 atom stereocenters. The number of phenols is 1. The Morgan fingerprint density at radius 3 is 3.00 bits per heavy atom. The average Bonchev–Trinajstić information content (AvgIpc) is 2.30. The number of benzene rings is 1. The lowest BCUT2D eigenvalue weighted by atomic mass is 10.3. The first-order valence-corrected chi connectivity index (χ1v) is 4.31. The lowest BCUT2D eigenvalue weighted by Crippen LogP contribution is -1.75. The molecule has 0 bridgehead atoms. The van der Waals surface area contributed by atoms with Crippen LogP contribution in [0.1, 0.15) is 0 Å². The molecule has 0 aliphatic carbocycles. The predicted octanol–water partition coefficient (Wildman–Crippen LogP) is 2.79. The molecule has 1 N–H and O–H groups in total. The minimum absolute atomic E-state index is 0.343. The Balaban J connectivity index is 2.83. The first kappa shape index (κ1) is 7.76. The number of hydrogen-bond acceptors (Lipinski definition) is 3. The van der Waals surface area contributed by atoms with Crippen LogP contribution in [0, 0.1) is 5.82 Å². The Bertz CT molecular complexity index is 403. The molecule has 0 fully saturated rings. The highest BCUT2D eigenvalue weighted by Crippen LogP contribution is 2.30. The SMILES string of the molecule is Oc1cc2sc(Cl)nc2cc1F. The number of fused-ring (bicyclic) bond motifs is 1. The summed E-state index contributed by atoms with van der Waals surface area (Å²) in [6.07, 6.45) is 0. The van der Waals surface area contributed by atoms with Gasteiger partial charge in [-0.3, -0.25) is 0 Å². The smallest absolute Gasteiger partial charge is 0.184 e. The van der Waals surface area contributed by atoms with Gasteiger partial charge in [0.15, 0.2) is 16.0 Å². The van der Waals surface area contributed by atoms with Crippen LogP contribution in [0.3, 0.4) is 0 Å². The van der Waals surface area contributed by atoms with E-state index in [9.17, 15) is 4.39 Å². The van der Waals surface area contributed by atoms with E-state index in [1.54, 1.807) is 0 Å². The Hall–Kier alpha value is -0.870. The van der Waals surface area contributed by atoms with Gasteiger partial charge in [0.1, 0.15) is 0 Å². The molecule has 1 aromatic heterocycles. The van der Waals surface area contributed by atoms with Gasteiger partial charge in [-0.05, 0) is 0 Å². The Morgan fingerprint density at radius 2 is 2.25 bits per heavy atom. The summed E-state index contributed by atoms with van der Waals surface area (Å²) in [5.74, 6) is -1.05. The van der Waals surface area contributed by atoms with Crippen LogP contribution in [0.15, 0.2) is 12.1 Å². The lowest BCUT2D eigenvalue weighted by molar-refractivity contribution is 0.434. The summed E-state index contributed by atoms with van der Waals surface area (Å²) in [5, 5.41) is 8.99. The monoisotopic (exact) mass is 203 g/mol. The maximum atomic E-state index is 12.7. The van der Waals surface area contributed by atoms with Gasteiger partial charge >= 0.3 is 0 Å². The zero-order valence-electron chi connectivity index (χ0n) is 5.71. The summed E-state index contributed by atoms with van der Waals surface area (Å²) in [5.41, 5.74) is 0.473. The molecule has 5 heteroatoms. The second-order valence-electron chi connectivity index (χ2n) is 2.24. The molecule has 2 rings (SSSR count). The maximum Gasteiger partial charge on any atom is 0.184 e. The molecule has 12 heavy (non-hydrogen) atoms. The van der Waals surface area contributed by atoms with E-state index in [0.29, 0.717) is 14.7 Å². The van der Waals surface area contributed by atoms with E-state index in [1.165, 1.54) is 17.4 Å². The summed E-state index contributed by atoms with van der Waals surface area (Å²) >= 11 is 6.79. The second kappa shape index (κ2) is 2.57. The number of aromatic nitrogens is 1. The molecular formula is C7H3ClFNOS. The Labute approximate surface area is 76.2 Å². The molecule has 0 radical (unpaired) electrons. The van der Waals surface area contributed by atoms with Crippen LogP contribution in [0.25, 0.3) is 10.2 Å². The highest BCUT2D eigenvalue weighted by atomic mass is 35.5. The number of halogens is 2. The minimum Gasteiger partial charge on any atom is -0.505 e. The van der Waals surface area contributed by atoms with Crippen LogP contribution in [-0.4, -0.2) is 10.1 Å². The highest BCUT2D eigenvalue weighted by molar-refractivity contribution is 7.22. The van der Waals surface area contributed by atoms with Crippen molar-refractivity contribution in [2.75, 3.05) is 0 Å². The standard InChI is InChI=1S/C7H3ClFNOS/c8-7-10-4-1-3(9)5(11)2-6(4)12-7/h1-2,11H. The largest absolute Gasteiger partial charge is 0.505 e. The van der Waals surface area contributed by atoms with E-state index in [0.717, 1.165) is 6.07 Å². The maximum absolute atomic E-state index is 12.7. The van der Waals surface area contributed by atoms with Crippen LogP contribution in [0.2, 0.25) is 4.47 Å². The van der Waals surface area contributed by atoms with Crippen molar-refractivity contribution >= 4 is 33.2 Å². The van der Waals surface area contributed by atoms with Crippen LogP contribution in [-0.2, 0) is 0 Å². The third-order valence-electron chi connectivity index (χ3n) is 1.43. The normalized spacial score (nSPS) is 10.8.